The maximum atomic E-state index is 4.60. The highest BCUT2D eigenvalue weighted by Gasteiger charge is 2.18. The van der Waals surface area contributed by atoms with Crippen LogP contribution in [0.15, 0.2) is 30.5 Å². The van der Waals surface area contributed by atoms with Gasteiger partial charge in [-0.15, -0.1) is 0 Å². The van der Waals surface area contributed by atoms with E-state index in [0.29, 0.717) is 12.1 Å². The quantitative estimate of drug-likeness (QED) is 0.847. The molecule has 2 heterocycles. The van der Waals surface area contributed by atoms with Crippen LogP contribution in [0.25, 0.3) is 11.0 Å². The Hall–Kier alpha value is -1.68. The van der Waals surface area contributed by atoms with Gasteiger partial charge in [0.05, 0.1) is 17.2 Å². The molecule has 1 saturated heterocycles. The minimum atomic E-state index is 0.497. The molecule has 1 aliphatic heterocycles. The van der Waals surface area contributed by atoms with Gasteiger partial charge in [-0.05, 0) is 38.4 Å². The van der Waals surface area contributed by atoms with Crippen molar-refractivity contribution in [2.75, 3.05) is 11.9 Å². The average Bonchev–Trinajstić information content (AvgIpc) is 2.39. The van der Waals surface area contributed by atoms with E-state index >= 15 is 0 Å². The summed E-state index contributed by atoms with van der Waals surface area (Å²) in [5, 5.41) is 6.94. The van der Waals surface area contributed by atoms with Gasteiger partial charge in [-0.3, -0.25) is 4.98 Å². The molecule has 0 radical (unpaired) electrons. The first-order chi connectivity index (χ1) is 8.81. The standard InChI is InChI=1S/C14H18N4/c1-10-8-11(6-7-15-10)17-14-9-16-12-4-2-3-5-13(12)18-14/h2-5,9-11,15H,6-8H2,1H3,(H,17,18). The Balaban J connectivity index is 1.78. The summed E-state index contributed by atoms with van der Waals surface area (Å²) in [7, 11) is 0. The summed E-state index contributed by atoms with van der Waals surface area (Å²) in [5.74, 6) is 0.882. The Morgan fingerprint density at radius 1 is 1.28 bits per heavy atom. The van der Waals surface area contributed by atoms with Crippen molar-refractivity contribution < 1.29 is 0 Å². The molecule has 1 aliphatic rings. The van der Waals surface area contributed by atoms with Crippen LogP contribution in [-0.2, 0) is 0 Å². The smallest absolute Gasteiger partial charge is 0.145 e. The molecular weight excluding hydrogens is 224 g/mol. The summed E-state index contributed by atoms with van der Waals surface area (Å²) in [6, 6.07) is 9.03. The number of fused-ring (bicyclic) bond motifs is 1. The molecule has 2 unspecified atom stereocenters. The van der Waals surface area contributed by atoms with Crippen LogP contribution in [0.5, 0.6) is 0 Å². The molecule has 4 nitrogen and oxygen atoms in total. The fraction of sp³-hybridized carbons (Fsp3) is 0.429. The van der Waals surface area contributed by atoms with Gasteiger partial charge in [-0.2, -0.15) is 0 Å². The van der Waals surface area contributed by atoms with Crippen molar-refractivity contribution in [2.24, 2.45) is 0 Å². The average molecular weight is 242 g/mol. The van der Waals surface area contributed by atoms with Crippen molar-refractivity contribution in [3.05, 3.63) is 30.5 Å². The Morgan fingerprint density at radius 3 is 2.94 bits per heavy atom. The van der Waals surface area contributed by atoms with Gasteiger partial charge in [-0.1, -0.05) is 12.1 Å². The second kappa shape index (κ2) is 4.90. The minimum Gasteiger partial charge on any atom is -0.366 e. The van der Waals surface area contributed by atoms with E-state index in [1.165, 1.54) is 0 Å². The summed E-state index contributed by atoms with van der Waals surface area (Å²) in [4.78, 5) is 9.03. The zero-order valence-corrected chi connectivity index (χ0v) is 10.6. The zero-order valence-electron chi connectivity index (χ0n) is 10.6. The second-order valence-corrected chi connectivity index (χ2v) is 4.96. The molecule has 2 aromatic rings. The van der Waals surface area contributed by atoms with Crippen molar-refractivity contribution in [1.29, 1.82) is 0 Å². The first-order valence-electron chi connectivity index (χ1n) is 6.53. The molecule has 94 valence electrons. The maximum Gasteiger partial charge on any atom is 0.145 e. The number of rotatable bonds is 2. The SMILES string of the molecule is CC1CC(Nc2cnc3ccccc3n2)CCN1. The van der Waals surface area contributed by atoms with Crippen LogP contribution in [0.3, 0.4) is 0 Å². The largest absolute Gasteiger partial charge is 0.366 e. The highest BCUT2D eigenvalue weighted by molar-refractivity contribution is 5.75. The predicted octanol–water partition coefficient (Wildman–Crippen LogP) is 2.18. The normalized spacial score (nSPS) is 24.1. The van der Waals surface area contributed by atoms with Crippen LogP contribution in [-0.4, -0.2) is 28.6 Å². The zero-order chi connectivity index (χ0) is 12.4. The monoisotopic (exact) mass is 242 g/mol. The molecule has 4 heteroatoms. The van der Waals surface area contributed by atoms with Gasteiger partial charge in [0.15, 0.2) is 0 Å². The Labute approximate surface area is 107 Å². The van der Waals surface area contributed by atoms with Gasteiger partial charge in [0.1, 0.15) is 5.82 Å². The lowest BCUT2D eigenvalue weighted by Crippen LogP contribution is -2.41. The van der Waals surface area contributed by atoms with E-state index in [4.69, 9.17) is 0 Å². The lowest BCUT2D eigenvalue weighted by atomic mass is 10.0. The van der Waals surface area contributed by atoms with Crippen molar-refractivity contribution in [1.82, 2.24) is 15.3 Å². The molecule has 0 amide bonds. The summed E-state index contributed by atoms with van der Waals surface area (Å²) in [6.07, 6.45) is 4.10. The summed E-state index contributed by atoms with van der Waals surface area (Å²) >= 11 is 0. The van der Waals surface area contributed by atoms with E-state index in [-0.39, 0.29) is 0 Å². The van der Waals surface area contributed by atoms with Gasteiger partial charge in [0.2, 0.25) is 0 Å². The van der Waals surface area contributed by atoms with Gasteiger partial charge in [0.25, 0.3) is 0 Å². The Morgan fingerprint density at radius 2 is 2.11 bits per heavy atom. The van der Waals surface area contributed by atoms with Crippen molar-refractivity contribution in [3.8, 4) is 0 Å². The van der Waals surface area contributed by atoms with E-state index in [0.717, 1.165) is 36.2 Å². The third-order valence-corrected chi connectivity index (χ3v) is 3.42. The van der Waals surface area contributed by atoms with Crippen LogP contribution in [0.2, 0.25) is 0 Å². The first kappa shape index (κ1) is 11.4. The maximum absolute atomic E-state index is 4.60. The number of benzene rings is 1. The minimum absolute atomic E-state index is 0.497. The third-order valence-electron chi connectivity index (χ3n) is 3.42. The van der Waals surface area contributed by atoms with Gasteiger partial charge in [-0.25, -0.2) is 4.98 Å². The van der Waals surface area contributed by atoms with Gasteiger partial charge in [0, 0.05) is 12.1 Å². The van der Waals surface area contributed by atoms with E-state index in [1.807, 2.05) is 30.5 Å². The molecule has 1 aromatic carbocycles. The fourth-order valence-electron chi connectivity index (χ4n) is 2.50. The van der Waals surface area contributed by atoms with Gasteiger partial charge >= 0.3 is 0 Å². The number of aromatic nitrogens is 2. The molecule has 2 atom stereocenters. The Bertz CT molecular complexity index is 540. The van der Waals surface area contributed by atoms with Crippen LogP contribution in [0.4, 0.5) is 5.82 Å². The predicted molar refractivity (Wildman–Crippen MR) is 73.6 cm³/mol. The molecule has 0 saturated carbocycles. The van der Waals surface area contributed by atoms with Crippen molar-refractivity contribution in [2.45, 2.75) is 31.8 Å². The fourth-order valence-corrected chi connectivity index (χ4v) is 2.50. The molecule has 2 N–H and O–H groups in total. The highest BCUT2D eigenvalue weighted by atomic mass is 15.1. The summed E-state index contributed by atoms with van der Waals surface area (Å²) in [5.41, 5.74) is 1.89. The van der Waals surface area contributed by atoms with Gasteiger partial charge < -0.3 is 10.6 Å². The van der Waals surface area contributed by atoms with Crippen LogP contribution >= 0.6 is 0 Å². The number of hydrogen-bond donors (Lipinski definition) is 2. The molecule has 3 rings (SSSR count). The van der Waals surface area contributed by atoms with E-state index < -0.39 is 0 Å². The topological polar surface area (TPSA) is 49.8 Å². The van der Waals surface area contributed by atoms with Crippen LogP contribution in [0.1, 0.15) is 19.8 Å². The number of para-hydroxylation sites is 2. The number of anilines is 1. The second-order valence-electron chi connectivity index (χ2n) is 4.96. The lowest BCUT2D eigenvalue weighted by Gasteiger charge is -2.28. The third kappa shape index (κ3) is 2.43. The molecule has 1 aromatic heterocycles. The van der Waals surface area contributed by atoms with Crippen molar-refractivity contribution >= 4 is 16.9 Å². The number of hydrogen-bond acceptors (Lipinski definition) is 4. The molecule has 0 bridgehead atoms. The molecular formula is C14H18N4. The molecule has 0 spiro atoms. The number of nitrogens with zero attached hydrogens (tertiary/aromatic N) is 2. The highest BCUT2D eigenvalue weighted by Crippen LogP contribution is 2.16. The molecule has 18 heavy (non-hydrogen) atoms. The van der Waals surface area contributed by atoms with Crippen molar-refractivity contribution in [3.63, 3.8) is 0 Å². The molecule has 0 aliphatic carbocycles. The number of piperidine rings is 1. The van der Waals surface area contributed by atoms with Crippen LogP contribution in [0, 0.1) is 0 Å². The summed E-state index contributed by atoms with van der Waals surface area (Å²) in [6.45, 7) is 3.29. The number of nitrogens with one attached hydrogen (secondary N) is 2. The van der Waals surface area contributed by atoms with E-state index in [2.05, 4.69) is 27.5 Å². The van der Waals surface area contributed by atoms with E-state index in [1.54, 1.807) is 0 Å². The van der Waals surface area contributed by atoms with E-state index in [9.17, 15) is 0 Å². The molecule has 1 fully saturated rings. The van der Waals surface area contributed by atoms with Crippen LogP contribution < -0.4 is 10.6 Å². The summed E-state index contributed by atoms with van der Waals surface area (Å²) < 4.78 is 0. The Kier molecular flexibility index (Phi) is 3.11. The first-order valence-corrected chi connectivity index (χ1v) is 6.53. The lowest BCUT2D eigenvalue weighted by molar-refractivity contribution is 0.396.